The fourth-order valence-corrected chi connectivity index (χ4v) is 3.13. The van der Waals surface area contributed by atoms with Crippen molar-refractivity contribution < 1.29 is 8.42 Å². The van der Waals surface area contributed by atoms with Crippen molar-refractivity contribution in [1.82, 2.24) is 4.98 Å². The van der Waals surface area contributed by atoms with Crippen LogP contribution in [0.5, 0.6) is 0 Å². The van der Waals surface area contributed by atoms with Crippen LogP contribution in [-0.4, -0.2) is 13.4 Å². The first-order valence-corrected chi connectivity index (χ1v) is 8.06. The summed E-state index contributed by atoms with van der Waals surface area (Å²) in [6.07, 6.45) is 3.06. The molecule has 1 aromatic carbocycles. The molecule has 100 valence electrons. The Hall–Kier alpha value is -1.40. The van der Waals surface area contributed by atoms with Crippen LogP contribution in [0.1, 0.15) is 11.1 Å². The van der Waals surface area contributed by atoms with E-state index in [1.807, 2.05) is 31.2 Å². The first kappa shape index (κ1) is 14.0. The Morgan fingerprint density at radius 1 is 1.21 bits per heavy atom. The third-order valence-electron chi connectivity index (χ3n) is 2.46. The van der Waals surface area contributed by atoms with E-state index in [0.29, 0.717) is 5.69 Å². The highest BCUT2D eigenvalue weighted by molar-refractivity contribution is 9.10. The summed E-state index contributed by atoms with van der Waals surface area (Å²) in [4.78, 5) is 3.91. The summed E-state index contributed by atoms with van der Waals surface area (Å²) in [5, 5.41) is 0. The predicted molar refractivity (Wildman–Crippen MR) is 79.4 cm³/mol. The lowest BCUT2D eigenvalue weighted by atomic mass is 10.2. The Balaban J connectivity index is 2.13. The zero-order valence-electron chi connectivity index (χ0n) is 10.3. The summed E-state index contributed by atoms with van der Waals surface area (Å²) in [5.41, 5.74) is 2.30. The fraction of sp³-hybridized carbons (Fsp3) is 0.154. The largest absolute Gasteiger partial charge is 0.282 e. The molecule has 1 heterocycles. The van der Waals surface area contributed by atoms with Gasteiger partial charge >= 0.3 is 0 Å². The van der Waals surface area contributed by atoms with Gasteiger partial charge in [-0.25, -0.2) is 8.42 Å². The number of hydrogen-bond donors (Lipinski definition) is 1. The maximum Gasteiger partial charge on any atom is 0.236 e. The highest BCUT2D eigenvalue weighted by Crippen LogP contribution is 2.16. The zero-order valence-corrected chi connectivity index (χ0v) is 12.7. The van der Waals surface area contributed by atoms with Gasteiger partial charge in [-0.05, 0) is 34.5 Å². The molecule has 0 aliphatic rings. The first-order valence-electron chi connectivity index (χ1n) is 5.61. The number of pyridine rings is 1. The van der Waals surface area contributed by atoms with Gasteiger partial charge in [-0.1, -0.05) is 29.8 Å². The molecule has 2 rings (SSSR count). The van der Waals surface area contributed by atoms with Gasteiger partial charge in [0.25, 0.3) is 0 Å². The summed E-state index contributed by atoms with van der Waals surface area (Å²) in [5.74, 6) is -0.0558. The van der Waals surface area contributed by atoms with E-state index in [4.69, 9.17) is 0 Å². The van der Waals surface area contributed by atoms with Crippen LogP contribution in [0.15, 0.2) is 47.2 Å². The molecule has 0 saturated carbocycles. The lowest BCUT2D eigenvalue weighted by Crippen LogP contribution is -2.15. The topological polar surface area (TPSA) is 59.1 Å². The summed E-state index contributed by atoms with van der Waals surface area (Å²) >= 11 is 3.25. The summed E-state index contributed by atoms with van der Waals surface area (Å²) < 4.78 is 27.2. The molecule has 2 aromatic rings. The van der Waals surface area contributed by atoms with E-state index in [0.717, 1.165) is 15.6 Å². The zero-order chi connectivity index (χ0) is 13.9. The monoisotopic (exact) mass is 340 g/mol. The Bertz CT molecular complexity index is 669. The van der Waals surface area contributed by atoms with E-state index in [1.165, 1.54) is 6.20 Å². The summed E-state index contributed by atoms with van der Waals surface area (Å²) in [6, 6.07) is 9.08. The second kappa shape index (κ2) is 5.71. The van der Waals surface area contributed by atoms with Crippen molar-refractivity contribution >= 4 is 31.6 Å². The quantitative estimate of drug-likeness (QED) is 0.930. The molecule has 0 spiro atoms. The van der Waals surface area contributed by atoms with Crippen LogP contribution in [0.3, 0.4) is 0 Å². The van der Waals surface area contributed by atoms with Crippen molar-refractivity contribution in [3.8, 4) is 0 Å². The number of halogens is 1. The van der Waals surface area contributed by atoms with Crippen LogP contribution in [0, 0.1) is 6.92 Å². The van der Waals surface area contributed by atoms with Crippen LogP contribution >= 0.6 is 15.9 Å². The molecule has 0 atom stereocenters. The Morgan fingerprint density at radius 2 is 1.89 bits per heavy atom. The molecule has 0 bridgehead atoms. The third kappa shape index (κ3) is 4.33. The maximum absolute atomic E-state index is 12.0. The smallest absolute Gasteiger partial charge is 0.236 e. The number of benzene rings is 1. The van der Waals surface area contributed by atoms with Crippen molar-refractivity contribution in [3.63, 3.8) is 0 Å². The molecule has 0 aliphatic carbocycles. The minimum absolute atomic E-state index is 0.0558. The van der Waals surface area contributed by atoms with Gasteiger partial charge < -0.3 is 0 Å². The van der Waals surface area contributed by atoms with Gasteiger partial charge in [-0.2, -0.15) is 0 Å². The van der Waals surface area contributed by atoms with Gasteiger partial charge in [0.15, 0.2) is 0 Å². The number of aryl methyl sites for hydroxylation is 1. The molecule has 4 nitrogen and oxygen atoms in total. The van der Waals surface area contributed by atoms with Crippen molar-refractivity contribution in [3.05, 3.63) is 58.3 Å². The van der Waals surface area contributed by atoms with E-state index in [9.17, 15) is 8.42 Å². The van der Waals surface area contributed by atoms with Crippen LogP contribution < -0.4 is 4.72 Å². The van der Waals surface area contributed by atoms with Crippen LogP contribution in [0.2, 0.25) is 0 Å². The van der Waals surface area contributed by atoms with Gasteiger partial charge in [-0.3, -0.25) is 9.71 Å². The minimum atomic E-state index is -3.43. The molecule has 0 unspecified atom stereocenters. The number of anilines is 1. The molecule has 0 saturated heterocycles. The Morgan fingerprint density at radius 3 is 2.53 bits per heavy atom. The fourth-order valence-electron chi connectivity index (χ4n) is 1.59. The second-order valence-corrected chi connectivity index (χ2v) is 6.88. The van der Waals surface area contributed by atoms with Crippen molar-refractivity contribution in [2.24, 2.45) is 0 Å². The molecule has 0 radical (unpaired) electrons. The molecular weight excluding hydrogens is 328 g/mol. The van der Waals surface area contributed by atoms with E-state index < -0.39 is 10.0 Å². The van der Waals surface area contributed by atoms with Gasteiger partial charge in [0, 0.05) is 10.7 Å². The number of hydrogen-bond acceptors (Lipinski definition) is 3. The molecule has 0 aliphatic heterocycles. The average molecular weight is 341 g/mol. The van der Waals surface area contributed by atoms with E-state index in [-0.39, 0.29) is 5.75 Å². The highest BCUT2D eigenvalue weighted by atomic mass is 79.9. The lowest BCUT2D eigenvalue weighted by molar-refractivity contribution is 0.600. The second-order valence-electron chi connectivity index (χ2n) is 4.24. The Labute approximate surface area is 121 Å². The number of rotatable bonds is 4. The maximum atomic E-state index is 12.0. The highest BCUT2D eigenvalue weighted by Gasteiger charge is 2.12. The molecular formula is C13H13BrN2O2S. The van der Waals surface area contributed by atoms with Crippen molar-refractivity contribution in [1.29, 1.82) is 0 Å². The number of sulfonamides is 1. The normalized spacial score (nSPS) is 11.3. The SMILES string of the molecule is Cc1ccc(CS(=O)(=O)Nc2cncc(Br)c2)cc1. The minimum Gasteiger partial charge on any atom is -0.282 e. The van der Waals surface area contributed by atoms with Gasteiger partial charge in [-0.15, -0.1) is 0 Å². The summed E-state index contributed by atoms with van der Waals surface area (Å²) in [6.45, 7) is 1.96. The Kier molecular flexibility index (Phi) is 4.21. The molecule has 6 heteroatoms. The van der Waals surface area contributed by atoms with Crippen LogP contribution in [-0.2, 0) is 15.8 Å². The standard InChI is InChI=1S/C13H13BrN2O2S/c1-10-2-4-11(5-3-10)9-19(17,18)16-13-6-12(14)7-15-8-13/h2-8,16H,9H2,1H3. The van der Waals surface area contributed by atoms with Crippen LogP contribution in [0.4, 0.5) is 5.69 Å². The number of nitrogens with zero attached hydrogens (tertiary/aromatic N) is 1. The molecule has 19 heavy (non-hydrogen) atoms. The van der Waals surface area contributed by atoms with Crippen molar-refractivity contribution in [2.45, 2.75) is 12.7 Å². The molecule has 0 amide bonds. The van der Waals surface area contributed by atoms with Crippen molar-refractivity contribution in [2.75, 3.05) is 4.72 Å². The average Bonchev–Trinajstić information content (AvgIpc) is 2.31. The summed E-state index contributed by atoms with van der Waals surface area (Å²) in [7, 11) is -3.43. The van der Waals surface area contributed by atoms with Gasteiger partial charge in [0.05, 0.1) is 17.6 Å². The van der Waals surface area contributed by atoms with E-state index in [1.54, 1.807) is 12.3 Å². The number of nitrogens with one attached hydrogen (secondary N) is 1. The first-order chi connectivity index (χ1) is 8.94. The van der Waals surface area contributed by atoms with E-state index in [2.05, 4.69) is 25.6 Å². The van der Waals surface area contributed by atoms with Crippen LogP contribution in [0.25, 0.3) is 0 Å². The van der Waals surface area contributed by atoms with Gasteiger partial charge in [0.2, 0.25) is 10.0 Å². The van der Waals surface area contributed by atoms with Gasteiger partial charge in [0.1, 0.15) is 0 Å². The lowest BCUT2D eigenvalue weighted by Gasteiger charge is -2.08. The predicted octanol–water partition coefficient (Wildman–Crippen LogP) is 3.09. The molecule has 1 aromatic heterocycles. The third-order valence-corrected chi connectivity index (χ3v) is 4.15. The number of aromatic nitrogens is 1. The van der Waals surface area contributed by atoms with E-state index >= 15 is 0 Å². The molecule has 1 N–H and O–H groups in total. The molecule has 0 fully saturated rings.